The molecule has 1 saturated heterocycles. The Balaban J connectivity index is 0.000000509. The van der Waals surface area contributed by atoms with Gasteiger partial charge in [-0.15, -0.1) is 0 Å². The zero-order valence-corrected chi connectivity index (χ0v) is 19.7. The van der Waals surface area contributed by atoms with Gasteiger partial charge in [0.25, 0.3) is 0 Å². The normalized spacial score (nSPS) is 16.3. The first-order valence-electron chi connectivity index (χ1n) is 11.5. The number of carboxylic acids is 1. The Bertz CT molecular complexity index is 890. The number of aliphatic carboxylic acids is 1. The van der Waals surface area contributed by atoms with Crippen LogP contribution < -0.4 is 16.0 Å². The maximum atomic E-state index is 12.1. The topological polar surface area (TPSA) is 90.5 Å². The van der Waals surface area contributed by atoms with Gasteiger partial charge in [0.2, 0.25) is 5.91 Å². The molecule has 32 heavy (non-hydrogen) atoms. The number of carbonyl (C=O) groups excluding carboxylic acids is 1. The second-order valence-electron chi connectivity index (χ2n) is 8.48. The summed E-state index contributed by atoms with van der Waals surface area (Å²) in [6, 6.07) is 12.0. The Morgan fingerprint density at radius 2 is 1.94 bits per heavy atom. The van der Waals surface area contributed by atoms with Crippen molar-refractivity contribution in [3.63, 3.8) is 0 Å². The van der Waals surface area contributed by atoms with E-state index in [2.05, 4.69) is 40.2 Å². The van der Waals surface area contributed by atoms with Crippen molar-refractivity contribution in [3.8, 4) is 0 Å². The van der Waals surface area contributed by atoms with E-state index < -0.39 is 12.0 Å². The molecular formula is C25H35N3O3S. The highest BCUT2D eigenvalue weighted by Gasteiger charge is 2.24. The van der Waals surface area contributed by atoms with E-state index in [0.29, 0.717) is 24.6 Å². The summed E-state index contributed by atoms with van der Waals surface area (Å²) in [5, 5.41) is 20.6. The number of thioether (sulfide) groups is 1. The van der Waals surface area contributed by atoms with Gasteiger partial charge in [0.15, 0.2) is 0 Å². The Kier molecular flexibility index (Phi) is 9.84. The van der Waals surface area contributed by atoms with Gasteiger partial charge in [-0.25, -0.2) is 4.79 Å². The van der Waals surface area contributed by atoms with Gasteiger partial charge in [0.1, 0.15) is 6.04 Å². The second kappa shape index (κ2) is 12.8. The summed E-state index contributed by atoms with van der Waals surface area (Å²) in [6.45, 7) is 3.18. The molecule has 2 fully saturated rings. The molecule has 1 unspecified atom stereocenters. The molecule has 0 spiro atoms. The quantitative estimate of drug-likeness (QED) is 0.437. The summed E-state index contributed by atoms with van der Waals surface area (Å²) in [7, 11) is 0. The van der Waals surface area contributed by atoms with Crippen LogP contribution in [0.15, 0.2) is 36.4 Å². The number of hydrogen-bond donors (Lipinski definition) is 4. The van der Waals surface area contributed by atoms with Gasteiger partial charge in [-0.05, 0) is 85.0 Å². The van der Waals surface area contributed by atoms with Crippen molar-refractivity contribution in [2.75, 3.05) is 31.6 Å². The molecule has 1 aliphatic carbocycles. The van der Waals surface area contributed by atoms with E-state index in [-0.39, 0.29) is 12.5 Å². The monoisotopic (exact) mass is 457 g/mol. The first-order chi connectivity index (χ1) is 15.6. The largest absolute Gasteiger partial charge is 0.480 e. The van der Waals surface area contributed by atoms with Crippen LogP contribution in [0, 0.1) is 0 Å². The zero-order chi connectivity index (χ0) is 22.8. The number of hydrogen-bond acceptors (Lipinski definition) is 5. The minimum atomic E-state index is -0.986. The highest BCUT2D eigenvalue weighted by Crippen LogP contribution is 2.41. The summed E-state index contributed by atoms with van der Waals surface area (Å²) in [6.07, 6.45) is 7.62. The predicted octanol–water partition coefficient (Wildman–Crippen LogP) is 3.50. The molecule has 4 N–H and O–H groups in total. The van der Waals surface area contributed by atoms with E-state index in [1.807, 2.05) is 18.4 Å². The lowest BCUT2D eigenvalue weighted by Gasteiger charge is -2.15. The zero-order valence-electron chi connectivity index (χ0n) is 18.9. The van der Waals surface area contributed by atoms with Gasteiger partial charge < -0.3 is 21.1 Å². The molecule has 7 heteroatoms. The van der Waals surface area contributed by atoms with E-state index in [4.69, 9.17) is 0 Å². The Hall–Kier alpha value is -2.09. The van der Waals surface area contributed by atoms with Crippen molar-refractivity contribution in [1.82, 2.24) is 16.0 Å². The number of rotatable bonds is 10. The number of benzene rings is 2. The first-order valence-corrected chi connectivity index (χ1v) is 12.9. The molecule has 6 nitrogen and oxygen atoms in total. The van der Waals surface area contributed by atoms with Crippen LogP contribution >= 0.6 is 11.8 Å². The number of carbonyl (C=O) groups is 2. The van der Waals surface area contributed by atoms with E-state index >= 15 is 0 Å². The molecule has 2 aliphatic rings. The highest BCUT2D eigenvalue weighted by atomic mass is 32.2. The summed E-state index contributed by atoms with van der Waals surface area (Å²) in [5.41, 5.74) is 2.55. The predicted molar refractivity (Wildman–Crippen MR) is 132 cm³/mol. The van der Waals surface area contributed by atoms with E-state index in [1.165, 1.54) is 60.7 Å². The van der Waals surface area contributed by atoms with Crippen LogP contribution in [0.2, 0.25) is 0 Å². The lowest BCUT2D eigenvalue weighted by molar-refractivity contribution is -0.141. The van der Waals surface area contributed by atoms with Crippen LogP contribution in [0.3, 0.4) is 0 Å². The van der Waals surface area contributed by atoms with Gasteiger partial charge in [-0.3, -0.25) is 4.79 Å². The highest BCUT2D eigenvalue weighted by molar-refractivity contribution is 7.98. The van der Waals surface area contributed by atoms with Gasteiger partial charge >= 0.3 is 5.97 Å². The Morgan fingerprint density at radius 1 is 1.19 bits per heavy atom. The molecule has 1 heterocycles. The molecule has 4 rings (SSSR count). The molecule has 1 atom stereocenters. The molecule has 0 aromatic heterocycles. The first kappa shape index (κ1) is 24.6. The van der Waals surface area contributed by atoms with Gasteiger partial charge in [0.05, 0.1) is 6.54 Å². The average molecular weight is 458 g/mol. The van der Waals surface area contributed by atoms with Crippen LogP contribution in [0.25, 0.3) is 10.8 Å². The van der Waals surface area contributed by atoms with E-state index in [1.54, 1.807) is 11.8 Å². The third kappa shape index (κ3) is 7.80. The van der Waals surface area contributed by atoms with E-state index in [0.717, 1.165) is 0 Å². The third-order valence-electron chi connectivity index (χ3n) is 5.82. The maximum absolute atomic E-state index is 12.1. The summed E-state index contributed by atoms with van der Waals surface area (Å²) in [4.78, 5) is 23.4. The molecule has 0 radical (unpaired) electrons. The molecule has 1 amide bonds. The summed E-state index contributed by atoms with van der Waals surface area (Å²) < 4.78 is 0. The van der Waals surface area contributed by atoms with E-state index in [9.17, 15) is 14.7 Å². The van der Waals surface area contributed by atoms with Crippen LogP contribution in [0.4, 0.5) is 0 Å². The third-order valence-corrected chi connectivity index (χ3v) is 6.46. The molecule has 2 aromatic carbocycles. The fourth-order valence-electron chi connectivity index (χ4n) is 3.89. The molecular weight excluding hydrogens is 422 g/mol. The van der Waals surface area contributed by atoms with Gasteiger partial charge in [-0.1, -0.05) is 36.4 Å². The van der Waals surface area contributed by atoms with Gasteiger partial charge in [-0.2, -0.15) is 11.8 Å². The van der Waals surface area contributed by atoms with Crippen molar-refractivity contribution in [1.29, 1.82) is 0 Å². The maximum Gasteiger partial charge on any atom is 0.326 e. The lowest BCUT2D eigenvalue weighted by Crippen LogP contribution is -2.44. The smallest absolute Gasteiger partial charge is 0.326 e. The number of fused-ring (bicyclic) bond motifs is 1. The second-order valence-corrected chi connectivity index (χ2v) is 9.46. The number of carboxylic acid groups (broad SMARTS) is 1. The van der Waals surface area contributed by atoms with Crippen LogP contribution in [-0.4, -0.2) is 54.7 Å². The van der Waals surface area contributed by atoms with Crippen molar-refractivity contribution in [3.05, 3.63) is 47.5 Å². The Labute approximate surface area is 194 Å². The van der Waals surface area contributed by atoms with Crippen molar-refractivity contribution >= 4 is 34.4 Å². The van der Waals surface area contributed by atoms with Crippen LogP contribution in [0.5, 0.6) is 0 Å². The number of amides is 1. The molecule has 1 saturated carbocycles. The van der Waals surface area contributed by atoms with Crippen molar-refractivity contribution in [2.45, 2.75) is 50.6 Å². The molecule has 0 bridgehead atoms. The standard InChI is InChI=1S/C21H26N2O3S.C4H9N/c1-27-9-8-19(21(25)26)23-20(24)13-22-12-17-11-16(14-6-7-14)10-15-4-2-3-5-18(15)17;1-2-4-5-3-1/h2-5,10-11,14,19,22H,6-9,12-13H2,1H3,(H,23,24)(H,25,26);5H,1-4H2. The summed E-state index contributed by atoms with van der Waals surface area (Å²) in [5.74, 6) is 0.0982. The lowest BCUT2D eigenvalue weighted by atomic mass is 9.98. The van der Waals surface area contributed by atoms with Crippen LogP contribution in [-0.2, 0) is 16.1 Å². The molecule has 174 valence electrons. The minimum absolute atomic E-state index is 0.102. The Morgan fingerprint density at radius 3 is 2.56 bits per heavy atom. The van der Waals surface area contributed by atoms with Crippen LogP contribution in [0.1, 0.15) is 49.1 Å². The summed E-state index contributed by atoms with van der Waals surface area (Å²) >= 11 is 1.57. The molecule has 1 aliphatic heterocycles. The minimum Gasteiger partial charge on any atom is -0.480 e. The van der Waals surface area contributed by atoms with Crippen molar-refractivity contribution < 1.29 is 14.7 Å². The average Bonchev–Trinajstić information content (AvgIpc) is 3.47. The fraction of sp³-hybridized carbons (Fsp3) is 0.520. The molecule has 2 aromatic rings. The number of nitrogens with one attached hydrogen (secondary N) is 3. The fourth-order valence-corrected chi connectivity index (χ4v) is 4.36. The SMILES string of the molecule is C1CCNC1.CSCCC(NC(=O)CNCc1cc(C2CC2)cc2ccccc12)C(=O)O. The van der Waals surface area contributed by atoms with Crippen molar-refractivity contribution in [2.24, 2.45) is 0 Å². The van der Waals surface area contributed by atoms with Gasteiger partial charge in [0, 0.05) is 6.54 Å².